The minimum Gasteiger partial charge on any atom is -0.481 e. The Bertz CT molecular complexity index is 1020. The van der Waals surface area contributed by atoms with E-state index in [0.717, 1.165) is 35.1 Å². The third-order valence-electron chi connectivity index (χ3n) is 6.76. The van der Waals surface area contributed by atoms with E-state index in [1.807, 2.05) is 24.3 Å². The third-order valence-corrected chi connectivity index (χ3v) is 6.76. The largest absolute Gasteiger partial charge is 0.481 e. The molecule has 2 aromatic rings. The summed E-state index contributed by atoms with van der Waals surface area (Å²) >= 11 is 0. The van der Waals surface area contributed by atoms with Gasteiger partial charge in [0.2, 0.25) is 5.91 Å². The molecule has 2 amide bonds. The van der Waals surface area contributed by atoms with E-state index < -0.39 is 24.1 Å². The van der Waals surface area contributed by atoms with E-state index in [1.54, 1.807) is 0 Å². The molecule has 4 rings (SSSR count). The summed E-state index contributed by atoms with van der Waals surface area (Å²) in [6.07, 6.45) is 1.48. The minimum atomic E-state index is -0.988. The number of rotatable bonds is 12. The van der Waals surface area contributed by atoms with Crippen LogP contribution in [0.5, 0.6) is 0 Å². The molecule has 0 aromatic heterocycles. The highest BCUT2D eigenvalue weighted by Gasteiger charge is 2.31. The molecule has 186 valence electrons. The number of aliphatic carboxylic acids is 1. The highest BCUT2D eigenvalue weighted by Crippen LogP contribution is 2.44. The Hall–Kier alpha value is -3.39. The second-order valence-corrected chi connectivity index (χ2v) is 9.28. The van der Waals surface area contributed by atoms with Gasteiger partial charge < -0.3 is 25.2 Å². The van der Waals surface area contributed by atoms with Crippen molar-refractivity contribution < 1.29 is 29.0 Å². The Morgan fingerprint density at radius 3 is 2.17 bits per heavy atom. The van der Waals surface area contributed by atoms with Gasteiger partial charge in [-0.3, -0.25) is 9.59 Å². The zero-order valence-electron chi connectivity index (χ0n) is 19.9. The number of hydrogen-bond acceptors (Lipinski definition) is 5. The van der Waals surface area contributed by atoms with Gasteiger partial charge in [0.25, 0.3) is 0 Å². The molecule has 2 unspecified atom stereocenters. The van der Waals surface area contributed by atoms with Crippen LogP contribution in [0.4, 0.5) is 4.79 Å². The highest BCUT2D eigenvalue weighted by atomic mass is 16.5. The van der Waals surface area contributed by atoms with Crippen LogP contribution in [0.3, 0.4) is 0 Å². The first-order chi connectivity index (χ1) is 17.0. The van der Waals surface area contributed by atoms with Crippen molar-refractivity contribution >= 4 is 18.0 Å². The van der Waals surface area contributed by atoms with Crippen LogP contribution in [0.1, 0.15) is 42.7 Å². The van der Waals surface area contributed by atoms with Gasteiger partial charge in [0.05, 0.1) is 18.4 Å². The number of methoxy groups -OCH3 is 1. The first kappa shape index (κ1) is 24.7. The molecule has 0 aliphatic heterocycles. The first-order valence-electron chi connectivity index (χ1n) is 12.1. The topological polar surface area (TPSA) is 114 Å². The van der Waals surface area contributed by atoms with E-state index in [2.05, 4.69) is 34.9 Å². The van der Waals surface area contributed by atoms with Gasteiger partial charge in [-0.1, -0.05) is 61.4 Å². The lowest BCUT2D eigenvalue weighted by Crippen LogP contribution is -2.42. The quantitative estimate of drug-likeness (QED) is 0.428. The predicted octanol–water partition coefficient (Wildman–Crippen LogP) is 3.55. The number of carbonyl (C=O) groups is 3. The molecule has 0 radical (unpaired) electrons. The second kappa shape index (κ2) is 11.4. The summed E-state index contributed by atoms with van der Waals surface area (Å²) in [5, 5.41) is 14.5. The average Bonchev–Trinajstić information content (AvgIpc) is 3.63. The number of ether oxygens (including phenoxy) is 2. The SMILES string of the molecule is COC(CNC(=O)C(CNC(=O)OCC1c2ccccc2-c2ccccc21)CC1CC1)CC(=O)O. The van der Waals surface area contributed by atoms with Crippen molar-refractivity contribution in [2.75, 3.05) is 26.8 Å². The summed E-state index contributed by atoms with van der Waals surface area (Å²) in [5.41, 5.74) is 4.61. The van der Waals surface area contributed by atoms with Crippen molar-refractivity contribution in [1.82, 2.24) is 10.6 Å². The van der Waals surface area contributed by atoms with Gasteiger partial charge in [-0.15, -0.1) is 0 Å². The maximum Gasteiger partial charge on any atom is 0.407 e. The van der Waals surface area contributed by atoms with Crippen molar-refractivity contribution in [2.24, 2.45) is 11.8 Å². The lowest BCUT2D eigenvalue weighted by molar-refractivity contribution is -0.140. The van der Waals surface area contributed by atoms with Gasteiger partial charge in [0, 0.05) is 26.1 Å². The molecule has 1 fully saturated rings. The van der Waals surface area contributed by atoms with Crippen molar-refractivity contribution in [1.29, 1.82) is 0 Å². The highest BCUT2D eigenvalue weighted by molar-refractivity contribution is 5.80. The van der Waals surface area contributed by atoms with Gasteiger partial charge in [0.15, 0.2) is 0 Å². The van der Waals surface area contributed by atoms with Crippen LogP contribution in [0.2, 0.25) is 0 Å². The van der Waals surface area contributed by atoms with Crippen molar-refractivity contribution in [3.05, 3.63) is 59.7 Å². The molecule has 8 nitrogen and oxygen atoms in total. The standard InChI is InChI=1S/C27H32N2O6/c1-34-19(13-25(30)31)15-28-26(32)18(12-17-10-11-17)14-29-27(33)35-16-24-22-8-4-2-6-20(22)21-7-3-5-9-23(21)24/h2-9,17-19,24H,10-16H2,1H3,(H,28,32)(H,29,33)(H,30,31). The summed E-state index contributed by atoms with van der Waals surface area (Å²) in [6, 6.07) is 16.3. The molecular formula is C27H32N2O6. The number of alkyl carbamates (subject to hydrolysis) is 1. The Labute approximate surface area is 205 Å². The van der Waals surface area contributed by atoms with Crippen LogP contribution >= 0.6 is 0 Å². The molecule has 0 saturated heterocycles. The van der Waals surface area contributed by atoms with Gasteiger partial charge in [-0.25, -0.2) is 4.79 Å². The fourth-order valence-electron chi connectivity index (χ4n) is 4.69. The second-order valence-electron chi connectivity index (χ2n) is 9.28. The van der Waals surface area contributed by atoms with E-state index in [1.165, 1.54) is 7.11 Å². The summed E-state index contributed by atoms with van der Waals surface area (Å²) in [6.45, 7) is 0.480. The average molecular weight is 481 g/mol. The number of carboxylic acid groups (broad SMARTS) is 1. The molecule has 2 atom stereocenters. The molecule has 2 aliphatic carbocycles. The Morgan fingerprint density at radius 1 is 0.971 bits per heavy atom. The summed E-state index contributed by atoms with van der Waals surface area (Å²) in [7, 11) is 1.42. The first-order valence-corrected chi connectivity index (χ1v) is 12.1. The van der Waals surface area contributed by atoms with Crippen LogP contribution in [0.15, 0.2) is 48.5 Å². The van der Waals surface area contributed by atoms with E-state index in [9.17, 15) is 14.4 Å². The maximum absolute atomic E-state index is 12.8. The van der Waals surface area contributed by atoms with E-state index in [4.69, 9.17) is 14.6 Å². The van der Waals surface area contributed by atoms with Gasteiger partial charge in [-0.2, -0.15) is 0 Å². The molecule has 0 spiro atoms. The van der Waals surface area contributed by atoms with E-state index in [-0.39, 0.29) is 37.9 Å². The Kier molecular flexibility index (Phi) is 8.02. The van der Waals surface area contributed by atoms with Crippen molar-refractivity contribution in [3.63, 3.8) is 0 Å². The molecule has 2 aliphatic rings. The number of carboxylic acids is 1. The maximum atomic E-state index is 12.8. The molecule has 8 heteroatoms. The summed E-state index contributed by atoms with van der Waals surface area (Å²) < 4.78 is 10.7. The lowest BCUT2D eigenvalue weighted by atomic mass is 9.98. The molecular weight excluding hydrogens is 448 g/mol. The summed E-state index contributed by atoms with van der Waals surface area (Å²) in [4.78, 5) is 36.2. The number of benzene rings is 2. The minimum absolute atomic E-state index is 0.0288. The van der Waals surface area contributed by atoms with Crippen molar-refractivity contribution in [2.45, 2.75) is 37.7 Å². The summed E-state index contributed by atoms with van der Waals surface area (Å²) in [5.74, 6) is -1.17. The molecule has 2 aromatic carbocycles. The number of carbonyl (C=O) groups excluding carboxylic acids is 2. The van der Waals surface area contributed by atoms with Gasteiger partial charge in [0.1, 0.15) is 6.61 Å². The molecule has 35 heavy (non-hydrogen) atoms. The van der Waals surface area contributed by atoms with Gasteiger partial charge >= 0.3 is 12.1 Å². The zero-order valence-corrected chi connectivity index (χ0v) is 19.9. The van der Waals surface area contributed by atoms with Crippen LogP contribution in [0, 0.1) is 11.8 Å². The van der Waals surface area contributed by atoms with Crippen molar-refractivity contribution in [3.8, 4) is 11.1 Å². The molecule has 3 N–H and O–H groups in total. The molecule has 0 bridgehead atoms. The predicted molar refractivity (Wildman–Crippen MR) is 130 cm³/mol. The zero-order chi connectivity index (χ0) is 24.8. The van der Waals surface area contributed by atoms with E-state index in [0.29, 0.717) is 12.3 Å². The smallest absolute Gasteiger partial charge is 0.407 e. The van der Waals surface area contributed by atoms with Gasteiger partial charge in [-0.05, 0) is 34.6 Å². The van der Waals surface area contributed by atoms with Crippen LogP contribution in [-0.4, -0.2) is 56.0 Å². The number of hydrogen-bond donors (Lipinski definition) is 3. The molecule has 1 saturated carbocycles. The Balaban J connectivity index is 1.30. The van der Waals surface area contributed by atoms with Crippen LogP contribution < -0.4 is 10.6 Å². The fourth-order valence-corrected chi connectivity index (χ4v) is 4.69. The Morgan fingerprint density at radius 2 is 1.60 bits per heavy atom. The lowest BCUT2D eigenvalue weighted by Gasteiger charge is -2.20. The monoisotopic (exact) mass is 480 g/mol. The fraction of sp³-hybridized carbons (Fsp3) is 0.444. The van der Waals surface area contributed by atoms with Crippen LogP contribution in [0.25, 0.3) is 11.1 Å². The number of amides is 2. The van der Waals surface area contributed by atoms with E-state index >= 15 is 0 Å². The normalized spacial score (nSPS) is 16.0. The number of fused-ring (bicyclic) bond motifs is 3. The van der Waals surface area contributed by atoms with Crippen LogP contribution in [-0.2, 0) is 19.1 Å². The number of nitrogens with one attached hydrogen (secondary N) is 2. The molecule has 0 heterocycles. The third kappa shape index (κ3) is 6.39.